The first-order valence-corrected chi connectivity index (χ1v) is 10.5. The number of carbonyl (C=O) groups is 2. The topological polar surface area (TPSA) is 66.8 Å². The fourth-order valence-electron chi connectivity index (χ4n) is 3.18. The van der Waals surface area contributed by atoms with E-state index in [0.29, 0.717) is 17.1 Å². The molecule has 0 atom stereocenters. The third-order valence-corrected chi connectivity index (χ3v) is 5.75. The van der Waals surface area contributed by atoms with E-state index in [1.54, 1.807) is 42.7 Å². The Balaban J connectivity index is 1.50. The van der Waals surface area contributed by atoms with E-state index in [-0.39, 0.29) is 19.0 Å². The molecule has 30 heavy (non-hydrogen) atoms. The predicted molar refractivity (Wildman–Crippen MR) is 116 cm³/mol. The largest absolute Gasteiger partial charge is 0.497 e. The average molecular weight is 428 g/mol. The van der Waals surface area contributed by atoms with Crippen LogP contribution in [0.4, 0.5) is 0 Å². The standard InChI is InChI=1S/C23H25NO5S/c1-16-13-21(17(2)24(16)11-10-20-5-4-12-30-20)22(25)14-29-23(26)15-28-19-8-6-18(27-3)7-9-19/h4-9,12-13H,10-11,14-15H2,1-3H3. The van der Waals surface area contributed by atoms with Gasteiger partial charge in [0.25, 0.3) is 0 Å². The monoisotopic (exact) mass is 427 g/mol. The second-order valence-electron chi connectivity index (χ2n) is 6.81. The molecular formula is C23H25NO5S. The van der Waals surface area contributed by atoms with Gasteiger partial charge in [-0.1, -0.05) is 6.07 Å². The molecule has 0 amide bonds. The predicted octanol–water partition coefficient (Wildman–Crippen LogP) is 4.22. The molecule has 3 rings (SSSR count). The van der Waals surface area contributed by atoms with Crippen molar-refractivity contribution in [3.05, 3.63) is 69.7 Å². The quantitative estimate of drug-likeness (QED) is 0.358. The van der Waals surface area contributed by atoms with Crippen molar-refractivity contribution in [2.75, 3.05) is 20.3 Å². The molecule has 0 N–H and O–H groups in total. The first-order valence-electron chi connectivity index (χ1n) is 9.62. The van der Waals surface area contributed by atoms with Crippen LogP contribution in [0.5, 0.6) is 11.5 Å². The molecule has 0 aliphatic rings. The number of aromatic nitrogens is 1. The van der Waals surface area contributed by atoms with Gasteiger partial charge in [-0.15, -0.1) is 11.3 Å². The average Bonchev–Trinajstić information content (AvgIpc) is 3.37. The van der Waals surface area contributed by atoms with E-state index in [2.05, 4.69) is 16.0 Å². The van der Waals surface area contributed by atoms with Crippen LogP contribution in [-0.2, 0) is 22.5 Å². The van der Waals surface area contributed by atoms with Crippen LogP contribution >= 0.6 is 11.3 Å². The van der Waals surface area contributed by atoms with E-state index < -0.39 is 5.97 Å². The SMILES string of the molecule is COc1ccc(OCC(=O)OCC(=O)c2cc(C)n(CCc3cccs3)c2C)cc1. The van der Waals surface area contributed by atoms with Gasteiger partial charge in [0.05, 0.1) is 7.11 Å². The van der Waals surface area contributed by atoms with Gasteiger partial charge in [0.15, 0.2) is 13.2 Å². The van der Waals surface area contributed by atoms with E-state index in [1.807, 2.05) is 26.0 Å². The lowest BCUT2D eigenvalue weighted by Crippen LogP contribution is -2.20. The lowest BCUT2D eigenvalue weighted by Gasteiger charge is -2.09. The zero-order chi connectivity index (χ0) is 21.5. The number of Topliss-reactive ketones (excluding diaryl/α,β-unsaturated/α-hetero) is 1. The van der Waals surface area contributed by atoms with Gasteiger partial charge >= 0.3 is 5.97 Å². The molecular weight excluding hydrogens is 402 g/mol. The number of methoxy groups -OCH3 is 1. The first-order chi connectivity index (χ1) is 14.5. The number of carbonyl (C=O) groups excluding carboxylic acids is 2. The molecule has 0 fully saturated rings. The van der Waals surface area contributed by atoms with Crippen molar-refractivity contribution in [1.29, 1.82) is 0 Å². The molecule has 0 aliphatic heterocycles. The zero-order valence-corrected chi connectivity index (χ0v) is 18.2. The van der Waals surface area contributed by atoms with Crippen molar-refractivity contribution < 1.29 is 23.8 Å². The molecule has 6 nitrogen and oxygen atoms in total. The maximum atomic E-state index is 12.6. The Morgan fingerprint density at radius 3 is 2.43 bits per heavy atom. The van der Waals surface area contributed by atoms with Crippen LogP contribution in [0.2, 0.25) is 0 Å². The second kappa shape index (κ2) is 10.1. The summed E-state index contributed by atoms with van der Waals surface area (Å²) in [5.41, 5.74) is 2.49. The van der Waals surface area contributed by atoms with Crippen molar-refractivity contribution in [1.82, 2.24) is 4.57 Å². The summed E-state index contributed by atoms with van der Waals surface area (Å²) in [6.45, 7) is 4.14. The number of nitrogens with zero attached hydrogens (tertiary/aromatic N) is 1. The summed E-state index contributed by atoms with van der Waals surface area (Å²) < 4.78 is 17.7. The smallest absolute Gasteiger partial charge is 0.344 e. The summed E-state index contributed by atoms with van der Waals surface area (Å²) in [5.74, 6) is 0.408. The molecule has 3 aromatic rings. The molecule has 0 saturated heterocycles. The Labute approximate surface area is 180 Å². The molecule has 0 unspecified atom stereocenters. The number of hydrogen-bond acceptors (Lipinski definition) is 6. The fraction of sp³-hybridized carbons (Fsp3) is 0.304. The Morgan fingerprint density at radius 1 is 1.03 bits per heavy atom. The number of aryl methyl sites for hydroxylation is 2. The maximum Gasteiger partial charge on any atom is 0.344 e. The molecule has 2 heterocycles. The highest BCUT2D eigenvalue weighted by Crippen LogP contribution is 2.19. The second-order valence-corrected chi connectivity index (χ2v) is 7.85. The maximum absolute atomic E-state index is 12.6. The van der Waals surface area contributed by atoms with Gasteiger partial charge in [0.2, 0.25) is 5.78 Å². The summed E-state index contributed by atoms with van der Waals surface area (Å²) in [6, 6.07) is 12.9. The number of ether oxygens (including phenoxy) is 3. The van der Waals surface area contributed by atoms with Gasteiger partial charge in [-0.2, -0.15) is 0 Å². The van der Waals surface area contributed by atoms with E-state index in [4.69, 9.17) is 14.2 Å². The molecule has 1 aromatic carbocycles. The minimum absolute atomic E-state index is 0.219. The third-order valence-electron chi connectivity index (χ3n) is 4.82. The number of thiophene rings is 1. The molecule has 0 spiro atoms. The summed E-state index contributed by atoms with van der Waals surface area (Å²) in [7, 11) is 1.57. The van der Waals surface area contributed by atoms with Crippen LogP contribution in [0.25, 0.3) is 0 Å². The van der Waals surface area contributed by atoms with Gasteiger partial charge in [-0.05, 0) is 62.0 Å². The first kappa shape index (κ1) is 21.6. The van der Waals surface area contributed by atoms with Crippen LogP contribution in [0.3, 0.4) is 0 Å². The zero-order valence-electron chi connectivity index (χ0n) is 17.3. The number of esters is 1. The van der Waals surface area contributed by atoms with E-state index in [9.17, 15) is 9.59 Å². The molecule has 158 valence electrons. The normalized spacial score (nSPS) is 10.6. The van der Waals surface area contributed by atoms with Crippen LogP contribution in [-0.4, -0.2) is 36.6 Å². The van der Waals surface area contributed by atoms with E-state index in [0.717, 1.165) is 24.4 Å². The van der Waals surface area contributed by atoms with Crippen molar-refractivity contribution in [2.45, 2.75) is 26.8 Å². The molecule has 0 radical (unpaired) electrons. The van der Waals surface area contributed by atoms with Crippen molar-refractivity contribution in [2.24, 2.45) is 0 Å². The van der Waals surface area contributed by atoms with Crippen molar-refractivity contribution in [3.8, 4) is 11.5 Å². The highest BCUT2D eigenvalue weighted by Gasteiger charge is 2.17. The highest BCUT2D eigenvalue weighted by atomic mass is 32.1. The Kier molecular flexibility index (Phi) is 7.30. The van der Waals surface area contributed by atoms with Gasteiger partial charge in [-0.3, -0.25) is 4.79 Å². The minimum atomic E-state index is -0.592. The summed E-state index contributed by atoms with van der Waals surface area (Å²) in [5, 5.41) is 2.06. The minimum Gasteiger partial charge on any atom is -0.497 e. The van der Waals surface area contributed by atoms with Crippen molar-refractivity contribution >= 4 is 23.1 Å². The molecule has 0 aliphatic carbocycles. The van der Waals surface area contributed by atoms with Gasteiger partial charge < -0.3 is 18.8 Å². The van der Waals surface area contributed by atoms with E-state index >= 15 is 0 Å². The lowest BCUT2D eigenvalue weighted by molar-refractivity contribution is -0.144. The van der Waals surface area contributed by atoms with Gasteiger partial charge in [0, 0.05) is 28.4 Å². The highest BCUT2D eigenvalue weighted by molar-refractivity contribution is 7.09. The third kappa shape index (κ3) is 5.51. The van der Waals surface area contributed by atoms with Crippen LogP contribution in [0, 0.1) is 13.8 Å². The van der Waals surface area contributed by atoms with Crippen molar-refractivity contribution in [3.63, 3.8) is 0 Å². The molecule has 7 heteroatoms. The summed E-state index contributed by atoms with van der Waals surface area (Å²) in [6.07, 6.45) is 0.916. The number of ketones is 1. The van der Waals surface area contributed by atoms with Crippen LogP contribution in [0.1, 0.15) is 26.6 Å². The van der Waals surface area contributed by atoms with Crippen LogP contribution in [0.15, 0.2) is 47.8 Å². The van der Waals surface area contributed by atoms with Gasteiger partial charge in [0.1, 0.15) is 11.5 Å². The van der Waals surface area contributed by atoms with Gasteiger partial charge in [-0.25, -0.2) is 4.79 Å². The van der Waals surface area contributed by atoms with E-state index in [1.165, 1.54) is 4.88 Å². The Hall–Kier alpha value is -3.06. The molecule has 0 bridgehead atoms. The number of hydrogen-bond donors (Lipinski definition) is 0. The summed E-state index contributed by atoms with van der Waals surface area (Å²) >= 11 is 1.73. The molecule has 2 aromatic heterocycles. The Bertz CT molecular complexity index is 990. The fourth-order valence-corrected chi connectivity index (χ4v) is 3.88. The Morgan fingerprint density at radius 2 is 1.77 bits per heavy atom. The molecule has 0 saturated carbocycles. The number of rotatable bonds is 10. The summed E-state index contributed by atoms with van der Waals surface area (Å²) in [4.78, 5) is 25.8. The lowest BCUT2D eigenvalue weighted by atomic mass is 10.1. The van der Waals surface area contributed by atoms with Crippen LogP contribution < -0.4 is 9.47 Å². The number of benzene rings is 1.